The summed E-state index contributed by atoms with van der Waals surface area (Å²) < 4.78 is 31.0. The number of hydrogen-bond donors (Lipinski definition) is 2. The van der Waals surface area contributed by atoms with Crippen LogP contribution in [-0.4, -0.2) is 30.5 Å². The van der Waals surface area contributed by atoms with E-state index in [4.69, 9.17) is 11.6 Å². The molecule has 34 heavy (non-hydrogen) atoms. The van der Waals surface area contributed by atoms with E-state index in [1.807, 2.05) is 18.4 Å². The Labute approximate surface area is 212 Å². The SMILES string of the molecule is CSc1nc2ccc3nc(NC(=O)c4ccccc4NS(=O)(=O)c4ccc(Cl)cc4)sc3c2s1. The van der Waals surface area contributed by atoms with E-state index in [0.29, 0.717) is 10.2 Å². The molecule has 0 saturated heterocycles. The highest BCUT2D eigenvalue weighted by Gasteiger charge is 2.20. The number of sulfonamides is 1. The van der Waals surface area contributed by atoms with Gasteiger partial charge in [0.2, 0.25) is 0 Å². The Morgan fingerprint density at radius 3 is 2.35 bits per heavy atom. The molecule has 0 aliphatic rings. The van der Waals surface area contributed by atoms with Crippen molar-refractivity contribution in [1.29, 1.82) is 0 Å². The number of thiazole rings is 2. The molecule has 5 rings (SSSR count). The average Bonchev–Trinajstić information content (AvgIpc) is 3.42. The summed E-state index contributed by atoms with van der Waals surface area (Å²) in [5.74, 6) is -0.473. The van der Waals surface area contributed by atoms with Crippen molar-refractivity contribution < 1.29 is 13.2 Å². The van der Waals surface area contributed by atoms with Crippen LogP contribution in [0.2, 0.25) is 5.02 Å². The van der Waals surface area contributed by atoms with Crippen molar-refractivity contribution in [2.75, 3.05) is 16.3 Å². The lowest BCUT2D eigenvalue weighted by atomic mass is 10.2. The lowest BCUT2D eigenvalue weighted by Gasteiger charge is -2.12. The molecule has 5 aromatic rings. The number of nitrogens with one attached hydrogen (secondary N) is 2. The Balaban J connectivity index is 1.43. The van der Waals surface area contributed by atoms with Crippen LogP contribution in [0, 0.1) is 0 Å². The van der Waals surface area contributed by atoms with Gasteiger partial charge in [0, 0.05) is 5.02 Å². The normalized spacial score (nSPS) is 11.7. The lowest BCUT2D eigenvalue weighted by Crippen LogP contribution is -2.18. The summed E-state index contributed by atoms with van der Waals surface area (Å²) >= 11 is 10.4. The Morgan fingerprint density at radius 1 is 0.941 bits per heavy atom. The summed E-state index contributed by atoms with van der Waals surface area (Å²) in [5.41, 5.74) is 1.99. The molecule has 0 bridgehead atoms. The molecular weight excluding hydrogens is 532 g/mol. The molecule has 2 heterocycles. The van der Waals surface area contributed by atoms with Gasteiger partial charge in [0.05, 0.1) is 36.6 Å². The number of benzene rings is 3. The Hall–Kier alpha value is -2.70. The molecule has 1 amide bonds. The number of para-hydroxylation sites is 1. The minimum Gasteiger partial charge on any atom is -0.298 e. The van der Waals surface area contributed by atoms with Gasteiger partial charge >= 0.3 is 0 Å². The predicted octanol–water partition coefficient (Wildman–Crippen LogP) is 6.33. The highest BCUT2D eigenvalue weighted by Crippen LogP contribution is 2.38. The minimum absolute atomic E-state index is 0.0384. The maximum atomic E-state index is 13.1. The Kier molecular flexibility index (Phi) is 6.21. The quantitative estimate of drug-likeness (QED) is 0.241. The van der Waals surface area contributed by atoms with Crippen LogP contribution in [0.4, 0.5) is 10.8 Å². The average molecular weight is 547 g/mol. The zero-order valence-corrected chi connectivity index (χ0v) is 21.4. The van der Waals surface area contributed by atoms with E-state index in [9.17, 15) is 13.2 Å². The molecule has 7 nitrogen and oxygen atoms in total. The van der Waals surface area contributed by atoms with Gasteiger partial charge in [-0.15, -0.1) is 11.3 Å². The summed E-state index contributed by atoms with van der Waals surface area (Å²) in [5, 5.41) is 3.65. The van der Waals surface area contributed by atoms with Crippen molar-refractivity contribution in [1.82, 2.24) is 9.97 Å². The van der Waals surface area contributed by atoms with Gasteiger partial charge in [-0.2, -0.15) is 0 Å². The van der Waals surface area contributed by atoms with Crippen molar-refractivity contribution >= 4 is 93.2 Å². The molecule has 3 aromatic carbocycles. The summed E-state index contributed by atoms with van der Waals surface area (Å²) in [6.07, 6.45) is 1.98. The first-order chi connectivity index (χ1) is 16.3. The smallest absolute Gasteiger partial charge is 0.261 e. The Morgan fingerprint density at radius 2 is 1.62 bits per heavy atom. The van der Waals surface area contributed by atoms with Crippen LogP contribution >= 0.6 is 46.0 Å². The summed E-state index contributed by atoms with van der Waals surface area (Å²) in [7, 11) is -3.91. The van der Waals surface area contributed by atoms with Crippen molar-refractivity contribution in [2.24, 2.45) is 0 Å². The number of fused-ring (bicyclic) bond motifs is 3. The van der Waals surface area contributed by atoms with Crippen LogP contribution in [0.15, 0.2) is 69.9 Å². The van der Waals surface area contributed by atoms with Crippen molar-refractivity contribution in [3.8, 4) is 0 Å². The van der Waals surface area contributed by atoms with Gasteiger partial charge in [-0.05, 0) is 54.8 Å². The van der Waals surface area contributed by atoms with Crippen molar-refractivity contribution in [2.45, 2.75) is 9.24 Å². The number of carbonyl (C=O) groups excluding carboxylic acids is 1. The number of halogens is 1. The van der Waals surface area contributed by atoms with Crippen LogP contribution in [0.1, 0.15) is 10.4 Å². The summed E-state index contributed by atoms with van der Waals surface area (Å²) in [6.45, 7) is 0. The van der Waals surface area contributed by atoms with Gasteiger partial charge in [0.25, 0.3) is 15.9 Å². The molecule has 0 fully saturated rings. The van der Waals surface area contributed by atoms with Crippen LogP contribution in [-0.2, 0) is 10.0 Å². The van der Waals surface area contributed by atoms with Gasteiger partial charge in [-0.3, -0.25) is 14.8 Å². The molecule has 0 saturated carbocycles. The number of aromatic nitrogens is 2. The summed E-state index contributed by atoms with van der Waals surface area (Å²) in [4.78, 5) is 22.2. The first kappa shape index (κ1) is 23.1. The largest absolute Gasteiger partial charge is 0.298 e. The van der Waals surface area contributed by atoms with E-state index in [-0.39, 0.29) is 16.1 Å². The molecule has 0 radical (unpaired) electrons. The van der Waals surface area contributed by atoms with E-state index in [0.717, 1.165) is 24.8 Å². The first-order valence-electron chi connectivity index (χ1n) is 9.77. The number of thioether (sulfide) groups is 1. The van der Waals surface area contributed by atoms with Crippen molar-refractivity contribution in [3.63, 3.8) is 0 Å². The molecule has 0 atom stereocenters. The fourth-order valence-corrected chi connectivity index (χ4v) is 7.10. The number of amides is 1. The molecule has 2 aromatic heterocycles. The van der Waals surface area contributed by atoms with Crippen molar-refractivity contribution in [3.05, 3.63) is 71.2 Å². The molecular formula is C22H15ClN4O3S4. The van der Waals surface area contributed by atoms with Crippen LogP contribution in [0.25, 0.3) is 20.4 Å². The van der Waals surface area contributed by atoms with Crippen LogP contribution in [0.3, 0.4) is 0 Å². The zero-order chi connectivity index (χ0) is 23.9. The third kappa shape index (κ3) is 4.49. The third-order valence-corrected chi connectivity index (χ3v) is 9.67. The first-order valence-corrected chi connectivity index (χ1v) is 14.5. The van der Waals surface area contributed by atoms with E-state index in [2.05, 4.69) is 20.0 Å². The van der Waals surface area contributed by atoms with Gasteiger partial charge in [-0.25, -0.2) is 18.4 Å². The topological polar surface area (TPSA) is 101 Å². The molecule has 0 spiro atoms. The third-order valence-electron chi connectivity index (χ3n) is 4.83. The monoisotopic (exact) mass is 546 g/mol. The van der Waals surface area contributed by atoms with E-state index >= 15 is 0 Å². The van der Waals surface area contributed by atoms with E-state index < -0.39 is 15.9 Å². The lowest BCUT2D eigenvalue weighted by molar-refractivity contribution is 0.102. The molecule has 172 valence electrons. The molecule has 12 heteroatoms. The molecule has 0 unspecified atom stereocenters. The maximum absolute atomic E-state index is 13.1. The molecule has 0 aliphatic carbocycles. The number of anilines is 2. The number of hydrogen-bond acceptors (Lipinski definition) is 8. The van der Waals surface area contributed by atoms with Crippen LogP contribution < -0.4 is 10.0 Å². The molecule has 2 N–H and O–H groups in total. The Bertz CT molecular complexity index is 1650. The second-order valence-corrected chi connectivity index (χ2v) is 12.2. The van der Waals surface area contributed by atoms with Gasteiger partial charge < -0.3 is 0 Å². The summed E-state index contributed by atoms with van der Waals surface area (Å²) in [6, 6.07) is 16.0. The number of rotatable bonds is 6. The van der Waals surface area contributed by atoms with E-state index in [1.165, 1.54) is 41.7 Å². The maximum Gasteiger partial charge on any atom is 0.261 e. The number of nitrogens with zero attached hydrogens (tertiary/aromatic N) is 2. The molecule has 0 aliphatic heterocycles. The predicted molar refractivity (Wildman–Crippen MR) is 141 cm³/mol. The fourth-order valence-electron chi connectivity index (χ4n) is 3.25. The fraction of sp³-hybridized carbons (Fsp3) is 0.0455. The highest BCUT2D eigenvalue weighted by molar-refractivity contribution is 8.00. The minimum atomic E-state index is -3.91. The standard InChI is InChI=1S/C22H15ClN4O3S4/c1-31-22-25-17-11-10-16-18(19(17)33-22)32-21(24-16)26-20(28)14-4-2-3-5-15(14)27-34(29,30)13-8-6-12(23)7-9-13/h2-11,27H,1H3,(H,24,26,28). The number of carbonyl (C=O) groups is 1. The second kappa shape index (κ2) is 9.16. The van der Waals surface area contributed by atoms with Gasteiger partial charge in [0.15, 0.2) is 9.47 Å². The van der Waals surface area contributed by atoms with E-state index in [1.54, 1.807) is 41.3 Å². The highest BCUT2D eigenvalue weighted by atomic mass is 35.5. The van der Waals surface area contributed by atoms with Gasteiger partial charge in [-0.1, -0.05) is 46.8 Å². The second-order valence-electron chi connectivity index (χ2n) is 7.02. The van der Waals surface area contributed by atoms with Crippen LogP contribution in [0.5, 0.6) is 0 Å². The zero-order valence-electron chi connectivity index (χ0n) is 17.4. The van der Waals surface area contributed by atoms with Gasteiger partial charge in [0.1, 0.15) is 0 Å².